The molecule has 2 aromatic rings. The average Bonchev–Trinajstić information content (AvgIpc) is 2.81. The molecule has 0 aliphatic rings. The quantitative estimate of drug-likeness (QED) is 0.773. The van der Waals surface area contributed by atoms with Crippen molar-refractivity contribution in [2.24, 2.45) is 7.05 Å². The molecule has 0 aliphatic heterocycles. The number of carbonyl (C=O) groups excluding carboxylic acids is 2. The van der Waals surface area contributed by atoms with Crippen molar-refractivity contribution in [3.8, 4) is 5.88 Å². The van der Waals surface area contributed by atoms with Gasteiger partial charge in [0.05, 0.1) is 19.2 Å². The zero-order valence-corrected chi connectivity index (χ0v) is 13.6. The molecule has 0 bridgehead atoms. The molecule has 2 heterocycles. The average molecular weight is 355 g/mol. The van der Waals surface area contributed by atoms with E-state index in [0.29, 0.717) is 5.69 Å². The van der Waals surface area contributed by atoms with Gasteiger partial charge in [0.15, 0.2) is 11.5 Å². The van der Waals surface area contributed by atoms with Gasteiger partial charge in [-0.1, -0.05) is 0 Å². The van der Waals surface area contributed by atoms with Crippen LogP contribution < -0.4 is 10.1 Å². The van der Waals surface area contributed by atoms with Gasteiger partial charge in [0.1, 0.15) is 0 Å². The number of rotatable bonds is 6. The molecule has 2 rings (SSSR count). The first-order valence-corrected chi connectivity index (χ1v) is 7.00. The zero-order valence-electron chi connectivity index (χ0n) is 13.6. The molecule has 0 spiro atoms. The van der Waals surface area contributed by atoms with Crippen LogP contribution in [-0.4, -0.2) is 45.3 Å². The van der Waals surface area contributed by atoms with E-state index in [1.54, 1.807) is 6.92 Å². The SMILES string of the molecule is COC(=O)c1nccnc1NC(=O)Cc1c(C)nn(C)c1OC(F)F. The van der Waals surface area contributed by atoms with Gasteiger partial charge < -0.3 is 14.8 Å². The minimum absolute atomic E-state index is 0.0998. The Bertz CT molecular complexity index is 794. The molecule has 0 saturated carbocycles. The van der Waals surface area contributed by atoms with Gasteiger partial charge in [0.2, 0.25) is 11.8 Å². The van der Waals surface area contributed by atoms with Crippen molar-refractivity contribution in [1.82, 2.24) is 19.7 Å². The van der Waals surface area contributed by atoms with Gasteiger partial charge in [0, 0.05) is 25.0 Å². The minimum atomic E-state index is -3.05. The first kappa shape index (κ1) is 18.2. The number of anilines is 1. The summed E-state index contributed by atoms with van der Waals surface area (Å²) in [7, 11) is 2.58. The van der Waals surface area contributed by atoms with Crippen LogP contribution in [0.2, 0.25) is 0 Å². The lowest BCUT2D eigenvalue weighted by atomic mass is 10.1. The topological polar surface area (TPSA) is 108 Å². The van der Waals surface area contributed by atoms with Crippen molar-refractivity contribution < 1.29 is 27.8 Å². The van der Waals surface area contributed by atoms with Gasteiger partial charge in [0.25, 0.3) is 0 Å². The highest BCUT2D eigenvalue weighted by Gasteiger charge is 2.22. The first-order chi connectivity index (χ1) is 11.8. The third kappa shape index (κ3) is 4.25. The lowest BCUT2D eigenvalue weighted by Gasteiger charge is -2.09. The number of nitrogens with zero attached hydrogens (tertiary/aromatic N) is 4. The number of carbonyl (C=O) groups is 2. The molecular weight excluding hydrogens is 340 g/mol. The van der Waals surface area contributed by atoms with Gasteiger partial charge >= 0.3 is 12.6 Å². The smallest absolute Gasteiger partial charge is 0.388 e. The molecule has 0 saturated heterocycles. The van der Waals surface area contributed by atoms with Crippen LogP contribution >= 0.6 is 0 Å². The van der Waals surface area contributed by atoms with E-state index in [9.17, 15) is 18.4 Å². The number of hydrogen-bond acceptors (Lipinski definition) is 7. The van der Waals surface area contributed by atoms with Crippen molar-refractivity contribution in [3.05, 3.63) is 29.3 Å². The molecule has 0 atom stereocenters. The Balaban J connectivity index is 2.21. The van der Waals surface area contributed by atoms with Crippen LogP contribution in [0, 0.1) is 6.92 Å². The highest BCUT2D eigenvalue weighted by Crippen LogP contribution is 2.24. The lowest BCUT2D eigenvalue weighted by molar-refractivity contribution is -0.115. The summed E-state index contributed by atoms with van der Waals surface area (Å²) >= 11 is 0. The van der Waals surface area contributed by atoms with E-state index >= 15 is 0 Å². The molecule has 0 aliphatic carbocycles. The standard InChI is InChI=1S/C14H15F2N5O4/c1-7-8(12(21(2)20-7)25-14(15)16)6-9(22)19-11-10(13(23)24-3)17-4-5-18-11/h4-5,14H,6H2,1-3H3,(H,18,19,22). The first-order valence-electron chi connectivity index (χ1n) is 7.00. The number of methoxy groups -OCH3 is 1. The van der Waals surface area contributed by atoms with Gasteiger partial charge in [-0.05, 0) is 6.92 Å². The fourth-order valence-electron chi connectivity index (χ4n) is 2.13. The molecular formula is C14H15F2N5O4. The fourth-order valence-corrected chi connectivity index (χ4v) is 2.13. The Morgan fingerprint density at radius 2 is 2.00 bits per heavy atom. The molecule has 1 N–H and O–H groups in total. The molecule has 2 aromatic heterocycles. The van der Waals surface area contributed by atoms with Gasteiger partial charge in [-0.2, -0.15) is 13.9 Å². The number of aromatic nitrogens is 4. The van der Waals surface area contributed by atoms with Crippen molar-refractivity contribution in [1.29, 1.82) is 0 Å². The molecule has 0 aromatic carbocycles. The number of nitrogens with one attached hydrogen (secondary N) is 1. The van der Waals surface area contributed by atoms with E-state index in [2.05, 4.69) is 29.9 Å². The number of halogens is 2. The van der Waals surface area contributed by atoms with E-state index < -0.39 is 18.5 Å². The van der Waals surface area contributed by atoms with Crippen LogP contribution in [0.1, 0.15) is 21.7 Å². The second-order valence-corrected chi connectivity index (χ2v) is 4.84. The Morgan fingerprint density at radius 1 is 1.32 bits per heavy atom. The maximum absolute atomic E-state index is 12.5. The third-order valence-electron chi connectivity index (χ3n) is 3.16. The van der Waals surface area contributed by atoms with Crippen molar-refractivity contribution in [2.75, 3.05) is 12.4 Å². The van der Waals surface area contributed by atoms with Gasteiger partial charge in [-0.3, -0.25) is 4.79 Å². The highest BCUT2D eigenvalue weighted by molar-refractivity contribution is 5.99. The monoisotopic (exact) mass is 355 g/mol. The van der Waals surface area contributed by atoms with E-state index in [-0.39, 0.29) is 29.4 Å². The van der Waals surface area contributed by atoms with Crippen LogP contribution in [0.25, 0.3) is 0 Å². The largest absolute Gasteiger partial charge is 0.464 e. The Labute approximate surface area is 141 Å². The normalized spacial score (nSPS) is 10.6. The summed E-state index contributed by atoms with van der Waals surface area (Å²) < 4.78 is 35.1. The molecule has 0 fully saturated rings. The van der Waals surface area contributed by atoms with Crippen LogP contribution in [0.3, 0.4) is 0 Å². The van der Waals surface area contributed by atoms with E-state index in [0.717, 1.165) is 11.8 Å². The Kier molecular flexibility index (Phi) is 5.57. The number of amides is 1. The second-order valence-electron chi connectivity index (χ2n) is 4.84. The maximum Gasteiger partial charge on any atom is 0.388 e. The highest BCUT2D eigenvalue weighted by atomic mass is 19.3. The van der Waals surface area contributed by atoms with E-state index in [1.807, 2.05) is 0 Å². The van der Waals surface area contributed by atoms with Crippen LogP contribution in [0.5, 0.6) is 5.88 Å². The van der Waals surface area contributed by atoms with Crippen molar-refractivity contribution in [2.45, 2.75) is 20.0 Å². The molecule has 1 amide bonds. The summed E-state index contributed by atoms with van der Waals surface area (Å²) in [6.45, 7) is -1.49. The molecule has 11 heteroatoms. The summed E-state index contributed by atoms with van der Waals surface area (Å²) in [6, 6.07) is 0. The number of alkyl halides is 2. The van der Waals surface area contributed by atoms with E-state index in [4.69, 9.17) is 0 Å². The number of hydrogen-bond donors (Lipinski definition) is 1. The van der Waals surface area contributed by atoms with Crippen molar-refractivity contribution in [3.63, 3.8) is 0 Å². The predicted octanol–water partition coefficient (Wildman–Crippen LogP) is 1.09. The summed E-state index contributed by atoms with van der Waals surface area (Å²) in [5, 5.41) is 6.36. The Hall–Kier alpha value is -3.11. The number of ether oxygens (including phenoxy) is 2. The zero-order chi connectivity index (χ0) is 18.6. The summed E-state index contributed by atoms with van der Waals surface area (Å²) in [4.78, 5) is 31.5. The summed E-state index contributed by atoms with van der Waals surface area (Å²) in [5.41, 5.74) is 0.384. The summed E-state index contributed by atoms with van der Waals surface area (Å²) in [5.74, 6) is -1.70. The van der Waals surface area contributed by atoms with Crippen LogP contribution in [0.4, 0.5) is 14.6 Å². The predicted molar refractivity (Wildman–Crippen MR) is 80.3 cm³/mol. The summed E-state index contributed by atoms with van der Waals surface area (Å²) in [6.07, 6.45) is 2.24. The van der Waals surface area contributed by atoms with Gasteiger partial charge in [-0.15, -0.1) is 0 Å². The van der Waals surface area contributed by atoms with Crippen LogP contribution in [-0.2, 0) is 23.0 Å². The number of esters is 1. The molecule has 25 heavy (non-hydrogen) atoms. The minimum Gasteiger partial charge on any atom is -0.464 e. The van der Waals surface area contributed by atoms with Crippen LogP contribution in [0.15, 0.2) is 12.4 Å². The van der Waals surface area contributed by atoms with E-state index in [1.165, 1.54) is 19.4 Å². The lowest BCUT2D eigenvalue weighted by Crippen LogP contribution is -2.20. The molecule has 134 valence electrons. The number of aryl methyl sites for hydroxylation is 2. The van der Waals surface area contributed by atoms with Crippen molar-refractivity contribution >= 4 is 17.7 Å². The van der Waals surface area contributed by atoms with Gasteiger partial charge in [-0.25, -0.2) is 19.4 Å². The third-order valence-corrected chi connectivity index (χ3v) is 3.16. The molecule has 0 unspecified atom stereocenters. The molecule has 9 nitrogen and oxygen atoms in total. The molecule has 0 radical (unpaired) electrons. The second kappa shape index (κ2) is 7.64. The maximum atomic E-state index is 12.5. The Morgan fingerprint density at radius 3 is 2.64 bits per heavy atom. The fraction of sp³-hybridized carbons (Fsp3) is 0.357.